The third-order valence-corrected chi connectivity index (χ3v) is 8.31. The number of fused-ring (bicyclic) bond motifs is 1. The van der Waals surface area contributed by atoms with Gasteiger partial charge in [0.15, 0.2) is 16.7 Å². The lowest BCUT2D eigenvalue weighted by Gasteiger charge is -2.25. The summed E-state index contributed by atoms with van der Waals surface area (Å²) in [6.07, 6.45) is 0.404. The number of alkyl halides is 1. The maximum absolute atomic E-state index is 12.1. The largest absolute Gasteiger partial charge is 0.490 e. The van der Waals surface area contributed by atoms with Gasteiger partial charge in [-0.05, 0) is 6.07 Å². The van der Waals surface area contributed by atoms with E-state index in [1.54, 1.807) is 0 Å². The summed E-state index contributed by atoms with van der Waals surface area (Å²) in [7, 11) is -17.7. The number of hydrogen-bond acceptors (Lipinski definition) is 11. The van der Waals surface area contributed by atoms with Crippen molar-refractivity contribution in [1.29, 1.82) is 0 Å². The summed E-state index contributed by atoms with van der Waals surface area (Å²) in [6.45, 7) is -3.58. The van der Waals surface area contributed by atoms with Gasteiger partial charge in [-0.2, -0.15) is 13.6 Å². The number of nitrogens with two attached hydrogens (primary N) is 1. The van der Waals surface area contributed by atoms with Crippen molar-refractivity contribution in [3.63, 3.8) is 0 Å². The van der Waals surface area contributed by atoms with Crippen molar-refractivity contribution in [2.75, 3.05) is 12.3 Å². The van der Waals surface area contributed by atoms with Crippen molar-refractivity contribution in [2.24, 2.45) is 0 Å². The first-order chi connectivity index (χ1) is 16.2. The molecule has 17 nitrogen and oxygen atoms in total. The van der Waals surface area contributed by atoms with E-state index in [4.69, 9.17) is 41.0 Å². The van der Waals surface area contributed by atoms with Crippen LogP contribution in [0.4, 0.5) is 5.95 Å². The number of anilines is 1. The van der Waals surface area contributed by atoms with Crippen LogP contribution in [0.3, 0.4) is 0 Å². The first-order valence-electron chi connectivity index (χ1n) is 9.42. The van der Waals surface area contributed by atoms with E-state index in [2.05, 4.69) is 23.1 Å². The van der Waals surface area contributed by atoms with E-state index in [1.165, 1.54) is 12.3 Å². The van der Waals surface area contributed by atoms with Crippen molar-refractivity contribution in [3.8, 4) is 12.3 Å². The van der Waals surface area contributed by atoms with Crippen molar-refractivity contribution in [1.82, 2.24) is 14.5 Å². The molecule has 188 valence electrons. The Balaban J connectivity index is 1.95. The number of rotatable bonds is 8. The van der Waals surface area contributed by atoms with Gasteiger partial charge in [0.25, 0.3) is 5.56 Å². The van der Waals surface area contributed by atoms with Crippen LogP contribution < -0.4 is 11.3 Å². The SMILES string of the molecule is [2H]C([2H])(OP(=O)(O)OP(=O)(O)OP(=O)(O)O)[C@H]1O[C@@H](n2ccc3c(=O)[nH]c(N)nc32)C(Cl)(C#C)[C@H]1O. The maximum atomic E-state index is 12.1. The Hall–Kier alpha value is -1.60. The number of terminal acetylenes is 1. The molecule has 2 aromatic rings. The number of aliphatic hydroxyl groups is 1. The molecule has 0 bridgehead atoms. The minimum atomic E-state index is -6.01. The number of aromatic nitrogens is 3. The highest BCUT2D eigenvalue weighted by Crippen LogP contribution is 2.66. The van der Waals surface area contributed by atoms with Gasteiger partial charge in [-0.1, -0.05) is 17.5 Å². The number of halogens is 1. The molecule has 3 rings (SSSR count). The van der Waals surface area contributed by atoms with Crippen molar-refractivity contribution in [3.05, 3.63) is 22.6 Å². The molecule has 3 heterocycles. The summed E-state index contributed by atoms with van der Waals surface area (Å²) < 4.78 is 67.9. The number of nitrogens with zero attached hydrogens (tertiary/aromatic N) is 2. The summed E-state index contributed by atoms with van der Waals surface area (Å²) in [5.41, 5.74) is 4.71. The van der Waals surface area contributed by atoms with Gasteiger partial charge in [0.2, 0.25) is 5.95 Å². The Bertz CT molecular complexity index is 1440. The predicted molar refractivity (Wildman–Crippen MR) is 112 cm³/mol. The normalized spacial score (nSPS) is 30.2. The molecule has 6 atom stereocenters. The Kier molecular flexibility index (Phi) is 6.47. The standard InChI is InChI=1S/C13H16ClN4O13P3/c1-2-13(14)8(19)7(5-28-33(24,25)31-34(26,27)30-32(21,22)23)29-11(13)18-4-3-6-9(18)16-12(15)17-10(6)20/h1,3-4,7-8,11,19H,5H2,(H,24,25)(H,26,27)(H2,21,22,23)(H3,15,16,17,20)/t7-,8+,11-,13?/m1/s1/i5D2. The summed E-state index contributed by atoms with van der Waals surface area (Å²) in [4.78, 5) is 52.0. The summed E-state index contributed by atoms with van der Waals surface area (Å²) in [5.74, 6) is 1.67. The Morgan fingerprint density at radius 3 is 2.59 bits per heavy atom. The first kappa shape index (κ1) is 24.1. The lowest BCUT2D eigenvalue weighted by atomic mass is 9.99. The number of ether oxygens (including phenoxy) is 1. The van der Waals surface area contributed by atoms with Gasteiger partial charge in [-0.3, -0.25) is 14.3 Å². The van der Waals surface area contributed by atoms with E-state index in [0.29, 0.717) is 0 Å². The Labute approximate surface area is 196 Å². The van der Waals surface area contributed by atoms with Crippen molar-refractivity contribution in [2.45, 2.75) is 23.3 Å². The molecule has 0 radical (unpaired) electrons. The lowest BCUT2D eigenvalue weighted by molar-refractivity contribution is -0.0426. The Morgan fingerprint density at radius 1 is 1.35 bits per heavy atom. The molecule has 0 aliphatic carbocycles. The van der Waals surface area contributed by atoms with E-state index in [0.717, 1.165) is 4.57 Å². The van der Waals surface area contributed by atoms with Gasteiger partial charge in [0.05, 0.1) is 14.7 Å². The number of aromatic amines is 1. The number of hydrogen-bond donors (Lipinski definition) is 7. The fourth-order valence-corrected chi connectivity index (χ4v) is 6.01. The predicted octanol–water partition coefficient (Wildman–Crippen LogP) is -0.481. The van der Waals surface area contributed by atoms with E-state index in [9.17, 15) is 33.4 Å². The minimum absolute atomic E-state index is 0.0296. The molecule has 0 saturated carbocycles. The summed E-state index contributed by atoms with van der Waals surface area (Å²) in [6, 6.07) is 1.25. The van der Waals surface area contributed by atoms with Crippen LogP contribution in [0.2, 0.25) is 0 Å². The van der Waals surface area contributed by atoms with Crippen LogP contribution in [-0.4, -0.2) is 62.9 Å². The van der Waals surface area contributed by atoms with Crippen molar-refractivity contribution >= 4 is 52.1 Å². The van der Waals surface area contributed by atoms with Crippen LogP contribution in [0, 0.1) is 12.3 Å². The fourth-order valence-electron chi connectivity index (χ4n) is 2.86. The summed E-state index contributed by atoms with van der Waals surface area (Å²) in [5, 5.41) is 10.7. The zero-order valence-electron chi connectivity index (χ0n) is 18.2. The smallest absolute Gasteiger partial charge is 0.387 e. The van der Waals surface area contributed by atoms with Gasteiger partial charge >= 0.3 is 23.5 Å². The lowest BCUT2D eigenvalue weighted by Crippen LogP contribution is -2.41. The molecule has 1 aliphatic heterocycles. The molecule has 34 heavy (non-hydrogen) atoms. The number of nitrogens with one attached hydrogen (secondary N) is 1. The van der Waals surface area contributed by atoms with Crippen LogP contribution in [-0.2, 0) is 31.6 Å². The van der Waals surface area contributed by atoms with Crippen LogP contribution in [0.5, 0.6) is 0 Å². The molecule has 1 saturated heterocycles. The third kappa shape index (κ3) is 5.62. The molecule has 21 heteroatoms. The topological polar surface area (TPSA) is 266 Å². The highest BCUT2D eigenvalue weighted by molar-refractivity contribution is 7.66. The molecular weight excluding hydrogens is 549 g/mol. The average molecular weight is 567 g/mol. The molecule has 2 aromatic heterocycles. The Morgan fingerprint density at radius 2 is 2.00 bits per heavy atom. The van der Waals surface area contributed by atoms with E-state index < -0.39 is 58.9 Å². The van der Waals surface area contributed by atoms with Crippen LogP contribution in [0.1, 0.15) is 8.97 Å². The molecule has 0 spiro atoms. The molecule has 0 aromatic carbocycles. The quantitative estimate of drug-likeness (QED) is 0.121. The highest BCUT2D eigenvalue weighted by atomic mass is 35.5. The first-order valence-corrected chi connectivity index (χ1v) is 13.3. The molecule has 0 amide bonds. The monoisotopic (exact) mass is 566 g/mol. The van der Waals surface area contributed by atoms with Gasteiger partial charge in [0.1, 0.15) is 12.2 Å². The molecular formula is C13H16ClN4O13P3. The van der Waals surface area contributed by atoms with Gasteiger partial charge in [0, 0.05) is 6.20 Å². The fraction of sp³-hybridized carbons (Fsp3) is 0.385. The van der Waals surface area contributed by atoms with Gasteiger partial charge < -0.3 is 39.7 Å². The average Bonchev–Trinajstić information content (AvgIpc) is 3.17. The molecule has 1 aliphatic rings. The number of nitrogen functional groups attached to an aromatic ring is 1. The summed E-state index contributed by atoms with van der Waals surface area (Å²) >= 11 is 6.34. The van der Waals surface area contributed by atoms with Gasteiger partial charge in [-0.25, -0.2) is 13.7 Å². The van der Waals surface area contributed by atoms with Gasteiger partial charge in [-0.15, -0.1) is 6.42 Å². The number of H-pyrrole nitrogens is 1. The minimum Gasteiger partial charge on any atom is -0.387 e. The van der Waals surface area contributed by atoms with E-state index in [-0.39, 0.29) is 17.0 Å². The number of phosphoric acid groups is 3. The van der Waals surface area contributed by atoms with Crippen LogP contribution in [0.25, 0.3) is 11.0 Å². The van der Waals surface area contributed by atoms with Crippen LogP contribution >= 0.6 is 35.1 Å². The molecule has 1 fully saturated rings. The van der Waals surface area contributed by atoms with Crippen LogP contribution in [0.15, 0.2) is 17.1 Å². The zero-order valence-corrected chi connectivity index (χ0v) is 19.6. The number of aliphatic hydroxyl groups excluding tert-OH is 1. The van der Waals surface area contributed by atoms with Crippen molar-refractivity contribution < 1.29 is 59.0 Å². The highest BCUT2D eigenvalue weighted by Gasteiger charge is 2.56. The van der Waals surface area contributed by atoms with E-state index in [1.807, 2.05) is 5.92 Å². The second-order valence-corrected chi connectivity index (χ2v) is 11.4. The second kappa shape index (κ2) is 9.12. The molecule has 3 unspecified atom stereocenters. The van der Waals surface area contributed by atoms with E-state index >= 15 is 0 Å². The third-order valence-electron chi connectivity index (χ3n) is 4.13. The second-order valence-electron chi connectivity index (χ2n) is 6.48. The number of phosphoric ester groups is 1. The molecule has 8 N–H and O–H groups in total. The maximum Gasteiger partial charge on any atom is 0.490 e. The zero-order chi connectivity index (χ0) is 27.5.